The largest absolute Gasteiger partial charge is 0.357 e. The quantitative estimate of drug-likeness (QED) is 0.221. The number of thiocarbonyl (C=S) groups is 1. The van der Waals surface area contributed by atoms with E-state index in [-0.39, 0.29) is 17.0 Å². The summed E-state index contributed by atoms with van der Waals surface area (Å²) in [5.41, 5.74) is 2.63. The molecule has 38 heavy (non-hydrogen) atoms. The van der Waals surface area contributed by atoms with Gasteiger partial charge >= 0.3 is 0 Å². The van der Waals surface area contributed by atoms with E-state index < -0.39 is 0 Å². The number of hydrogen-bond donors (Lipinski definition) is 0. The highest BCUT2D eigenvalue weighted by atomic mass is 32.2. The van der Waals surface area contributed by atoms with E-state index in [1.807, 2.05) is 26.0 Å². The zero-order valence-corrected chi connectivity index (χ0v) is 24.2. The monoisotopic (exact) mass is 548 g/mol. The van der Waals surface area contributed by atoms with Crippen LogP contribution < -0.4 is 10.5 Å². The molecule has 6 nitrogen and oxygen atoms in total. The molecule has 2 aliphatic heterocycles. The molecule has 200 valence electrons. The lowest BCUT2D eigenvalue weighted by molar-refractivity contribution is -0.122. The molecule has 0 unspecified atom stereocenters. The summed E-state index contributed by atoms with van der Waals surface area (Å²) in [6, 6.07) is 12.7. The first-order valence-corrected chi connectivity index (χ1v) is 14.8. The molecule has 2 aliphatic rings. The number of nitriles is 1. The second-order valence-corrected chi connectivity index (χ2v) is 11.7. The predicted octanol–water partition coefficient (Wildman–Crippen LogP) is 5.90. The fourth-order valence-electron chi connectivity index (χ4n) is 5.42. The summed E-state index contributed by atoms with van der Waals surface area (Å²) in [6.07, 6.45) is 7.99. The van der Waals surface area contributed by atoms with Crippen LogP contribution in [0.2, 0.25) is 0 Å². The molecule has 1 amide bonds. The molecule has 0 spiro atoms. The molecule has 0 saturated carbocycles. The SMILES string of the molecule is CCCCCN1C(=O)/C(=C/c2c(C)c(C#N)c(=O)n(CC)c2N2CCC(Cc3ccccc3)CC2)SC1=S. The third kappa shape index (κ3) is 5.89. The number of nitrogens with zero attached hydrogens (tertiary/aromatic N) is 4. The van der Waals surface area contributed by atoms with Crippen LogP contribution in [0.1, 0.15) is 68.2 Å². The average Bonchev–Trinajstić information content (AvgIpc) is 3.19. The molecule has 0 N–H and O–H groups in total. The Balaban J connectivity index is 1.68. The van der Waals surface area contributed by atoms with Gasteiger partial charge in [-0.3, -0.25) is 19.1 Å². The summed E-state index contributed by atoms with van der Waals surface area (Å²) in [6.45, 7) is 8.59. The number of anilines is 1. The Morgan fingerprint density at radius 3 is 2.47 bits per heavy atom. The van der Waals surface area contributed by atoms with Crippen molar-refractivity contribution in [2.45, 2.75) is 65.8 Å². The van der Waals surface area contributed by atoms with Crippen molar-refractivity contribution in [1.29, 1.82) is 5.26 Å². The highest BCUT2D eigenvalue weighted by molar-refractivity contribution is 8.26. The molecule has 2 aromatic rings. The Labute approximate surface area is 235 Å². The topological polar surface area (TPSA) is 69.3 Å². The number of amides is 1. The Morgan fingerprint density at radius 2 is 1.84 bits per heavy atom. The minimum absolute atomic E-state index is 0.0872. The highest BCUT2D eigenvalue weighted by Gasteiger charge is 2.33. The molecular weight excluding hydrogens is 512 g/mol. The van der Waals surface area contributed by atoms with Gasteiger partial charge in [0.15, 0.2) is 0 Å². The van der Waals surface area contributed by atoms with Gasteiger partial charge in [0.05, 0.1) is 4.91 Å². The Kier molecular flexibility index (Phi) is 9.45. The Hall–Kier alpha value is -2.89. The lowest BCUT2D eigenvalue weighted by Crippen LogP contribution is -2.39. The van der Waals surface area contributed by atoms with Gasteiger partial charge in [-0.25, -0.2) is 0 Å². The molecule has 0 atom stereocenters. The number of thioether (sulfide) groups is 1. The zero-order chi connectivity index (χ0) is 27.2. The van der Waals surface area contributed by atoms with E-state index in [0.29, 0.717) is 33.8 Å². The van der Waals surface area contributed by atoms with Crippen LogP contribution in [0.3, 0.4) is 0 Å². The van der Waals surface area contributed by atoms with Crippen LogP contribution in [-0.4, -0.2) is 39.3 Å². The second kappa shape index (κ2) is 12.8. The lowest BCUT2D eigenvalue weighted by Gasteiger charge is -2.36. The number of piperidine rings is 1. The number of carbonyl (C=O) groups is 1. The molecule has 1 aromatic heterocycles. The third-order valence-corrected chi connectivity index (χ3v) is 8.96. The number of benzene rings is 1. The van der Waals surface area contributed by atoms with E-state index in [9.17, 15) is 14.9 Å². The number of carbonyl (C=O) groups excluding carboxylic acids is 1. The van der Waals surface area contributed by atoms with Crippen molar-refractivity contribution in [3.63, 3.8) is 0 Å². The molecule has 4 rings (SSSR count). The minimum Gasteiger partial charge on any atom is -0.357 e. The van der Waals surface area contributed by atoms with E-state index in [1.165, 1.54) is 17.3 Å². The molecule has 2 saturated heterocycles. The van der Waals surface area contributed by atoms with Gasteiger partial charge in [-0.05, 0) is 62.7 Å². The maximum atomic E-state index is 13.3. The molecule has 0 bridgehead atoms. The van der Waals surface area contributed by atoms with Gasteiger partial charge < -0.3 is 4.90 Å². The summed E-state index contributed by atoms with van der Waals surface area (Å²) in [4.78, 5) is 31.1. The first-order chi connectivity index (χ1) is 18.4. The van der Waals surface area contributed by atoms with Gasteiger partial charge in [-0.1, -0.05) is 74.1 Å². The highest BCUT2D eigenvalue weighted by Crippen LogP contribution is 2.37. The fraction of sp³-hybridized carbons (Fsp3) is 0.467. The standard InChI is InChI=1S/C30H36N4O2S2/c1-4-6-10-15-34-29(36)26(38-30(34)37)19-24-21(3)25(20-31)28(35)33(5-2)27(24)32-16-13-23(14-17-32)18-22-11-8-7-9-12-22/h7-9,11-12,19,23H,4-6,10,13-18H2,1-3H3/b26-19-. The number of hydrogen-bond acceptors (Lipinski definition) is 6. The smallest absolute Gasteiger partial charge is 0.270 e. The van der Waals surface area contributed by atoms with Gasteiger partial charge in [0, 0.05) is 31.7 Å². The number of unbranched alkanes of at least 4 members (excludes halogenated alkanes) is 2. The van der Waals surface area contributed by atoms with E-state index in [4.69, 9.17) is 12.2 Å². The summed E-state index contributed by atoms with van der Waals surface area (Å²) in [7, 11) is 0. The van der Waals surface area contributed by atoms with E-state index >= 15 is 0 Å². The first kappa shape index (κ1) is 28.1. The summed E-state index contributed by atoms with van der Waals surface area (Å²) < 4.78 is 2.28. The number of pyridine rings is 1. The van der Waals surface area contributed by atoms with Crippen molar-refractivity contribution in [2.75, 3.05) is 24.5 Å². The van der Waals surface area contributed by atoms with Gasteiger partial charge in [-0.2, -0.15) is 5.26 Å². The number of rotatable bonds is 9. The van der Waals surface area contributed by atoms with Crippen LogP contribution in [0.5, 0.6) is 0 Å². The minimum atomic E-state index is -0.266. The molecule has 2 fully saturated rings. The molecule has 8 heteroatoms. The van der Waals surface area contributed by atoms with Crippen molar-refractivity contribution in [2.24, 2.45) is 5.92 Å². The molecule has 1 aromatic carbocycles. The van der Waals surface area contributed by atoms with Crippen LogP contribution in [0.4, 0.5) is 5.82 Å². The van der Waals surface area contributed by atoms with E-state index in [0.717, 1.165) is 63.0 Å². The Bertz CT molecular complexity index is 1320. The van der Waals surface area contributed by atoms with Gasteiger partial charge in [0.25, 0.3) is 11.5 Å². The van der Waals surface area contributed by atoms with Crippen molar-refractivity contribution in [3.05, 3.63) is 67.8 Å². The van der Waals surface area contributed by atoms with Crippen molar-refractivity contribution in [3.8, 4) is 6.07 Å². The molecule has 3 heterocycles. The van der Waals surface area contributed by atoms with Crippen LogP contribution in [0.25, 0.3) is 6.08 Å². The third-order valence-electron chi connectivity index (χ3n) is 7.58. The van der Waals surface area contributed by atoms with Crippen molar-refractivity contribution >= 4 is 46.1 Å². The molecule has 0 aliphatic carbocycles. The first-order valence-electron chi connectivity index (χ1n) is 13.6. The van der Waals surface area contributed by atoms with E-state index in [2.05, 4.69) is 42.2 Å². The van der Waals surface area contributed by atoms with Crippen LogP contribution in [0.15, 0.2) is 40.0 Å². The zero-order valence-electron chi connectivity index (χ0n) is 22.5. The van der Waals surface area contributed by atoms with Gasteiger partial charge in [0.2, 0.25) is 0 Å². The number of aromatic nitrogens is 1. The fourth-order valence-corrected chi connectivity index (χ4v) is 6.71. The van der Waals surface area contributed by atoms with E-state index in [1.54, 1.807) is 9.47 Å². The van der Waals surface area contributed by atoms with Crippen molar-refractivity contribution < 1.29 is 4.79 Å². The maximum absolute atomic E-state index is 13.3. The summed E-state index contributed by atoms with van der Waals surface area (Å²) in [5, 5.41) is 9.84. The van der Waals surface area contributed by atoms with Crippen molar-refractivity contribution in [1.82, 2.24) is 9.47 Å². The van der Waals surface area contributed by atoms with Gasteiger partial charge in [0.1, 0.15) is 21.8 Å². The lowest BCUT2D eigenvalue weighted by atomic mass is 9.90. The van der Waals surface area contributed by atoms with Crippen LogP contribution in [0, 0.1) is 24.2 Å². The summed E-state index contributed by atoms with van der Waals surface area (Å²) in [5.74, 6) is 1.30. The predicted molar refractivity (Wildman–Crippen MR) is 160 cm³/mol. The van der Waals surface area contributed by atoms with Gasteiger partial charge in [-0.15, -0.1) is 0 Å². The average molecular weight is 549 g/mol. The summed E-state index contributed by atoms with van der Waals surface area (Å²) >= 11 is 6.86. The molecular formula is C30H36N4O2S2. The van der Waals surface area contributed by atoms with Crippen LogP contribution in [-0.2, 0) is 17.8 Å². The maximum Gasteiger partial charge on any atom is 0.270 e. The van der Waals surface area contributed by atoms with Crippen LogP contribution >= 0.6 is 24.0 Å². The molecule has 0 radical (unpaired) electrons. The normalized spacial score (nSPS) is 17.5. The second-order valence-electron chi connectivity index (χ2n) is 10.1. The Morgan fingerprint density at radius 1 is 1.13 bits per heavy atom.